The van der Waals surface area contributed by atoms with Crippen LogP contribution in [0.25, 0.3) is 0 Å². The van der Waals surface area contributed by atoms with Gasteiger partial charge in [0.15, 0.2) is 0 Å². The molecular formula is C14H22BrNO. The lowest BCUT2D eigenvalue weighted by atomic mass is 9.92. The van der Waals surface area contributed by atoms with Crippen LogP contribution in [-0.4, -0.2) is 20.3 Å². The summed E-state index contributed by atoms with van der Waals surface area (Å²) in [6.45, 7) is 6.22. The first-order chi connectivity index (χ1) is 8.19. The van der Waals surface area contributed by atoms with Gasteiger partial charge in [-0.2, -0.15) is 0 Å². The Kier molecular flexibility index (Phi) is 6.78. The molecule has 0 fully saturated rings. The quantitative estimate of drug-likeness (QED) is 0.827. The molecule has 2 atom stereocenters. The molecule has 0 aromatic heterocycles. The lowest BCUT2D eigenvalue weighted by molar-refractivity contribution is 0.170. The van der Waals surface area contributed by atoms with Crippen LogP contribution in [0.1, 0.15) is 31.9 Å². The van der Waals surface area contributed by atoms with Crippen molar-refractivity contribution in [3.8, 4) is 0 Å². The van der Waals surface area contributed by atoms with Gasteiger partial charge >= 0.3 is 0 Å². The van der Waals surface area contributed by atoms with Crippen LogP contribution < -0.4 is 5.32 Å². The summed E-state index contributed by atoms with van der Waals surface area (Å²) in [5, 5.41) is 3.56. The summed E-state index contributed by atoms with van der Waals surface area (Å²) in [7, 11) is 1.76. The Morgan fingerprint density at radius 2 is 1.94 bits per heavy atom. The first-order valence-corrected chi connectivity index (χ1v) is 6.96. The van der Waals surface area contributed by atoms with Gasteiger partial charge in [-0.15, -0.1) is 0 Å². The Hall–Kier alpha value is -0.380. The van der Waals surface area contributed by atoms with Crippen molar-refractivity contribution >= 4 is 15.9 Å². The molecule has 0 heterocycles. The molecule has 2 nitrogen and oxygen atoms in total. The number of hydrogen-bond acceptors (Lipinski definition) is 2. The molecule has 0 saturated heterocycles. The Morgan fingerprint density at radius 1 is 1.29 bits per heavy atom. The Bertz CT molecular complexity index is 313. The minimum absolute atomic E-state index is 0.406. The highest BCUT2D eigenvalue weighted by atomic mass is 79.9. The molecule has 0 radical (unpaired) electrons. The van der Waals surface area contributed by atoms with Gasteiger partial charge in [0.25, 0.3) is 0 Å². The summed E-state index contributed by atoms with van der Waals surface area (Å²) in [6.07, 6.45) is 1.07. The summed E-state index contributed by atoms with van der Waals surface area (Å²) in [5.74, 6) is 0.566. The van der Waals surface area contributed by atoms with E-state index in [-0.39, 0.29) is 0 Å². The smallest absolute Gasteiger partial charge is 0.0465 e. The molecule has 0 aliphatic heterocycles. The average molecular weight is 300 g/mol. The normalized spacial score (nSPS) is 14.6. The molecule has 1 N–H and O–H groups in total. The highest BCUT2D eigenvalue weighted by molar-refractivity contribution is 9.10. The van der Waals surface area contributed by atoms with E-state index in [9.17, 15) is 0 Å². The van der Waals surface area contributed by atoms with Crippen LogP contribution >= 0.6 is 15.9 Å². The molecule has 1 aromatic rings. The van der Waals surface area contributed by atoms with E-state index in [0.717, 1.165) is 24.0 Å². The van der Waals surface area contributed by atoms with Crippen molar-refractivity contribution in [1.29, 1.82) is 0 Å². The van der Waals surface area contributed by atoms with Crippen LogP contribution in [-0.2, 0) is 4.74 Å². The predicted octanol–water partition coefficient (Wildman–Crippen LogP) is 3.77. The largest absolute Gasteiger partial charge is 0.385 e. The van der Waals surface area contributed by atoms with Gasteiger partial charge in [-0.3, -0.25) is 0 Å². The van der Waals surface area contributed by atoms with E-state index in [0.29, 0.717) is 12.0 Å². The number of halogens is 1. The molecule has 3 heteroatoms. The zero-order valence-corrected chi connectivity index (χ0v) is 12.5. The van der Waals surface area contributed by atoms with E-state index in [1.165, 1.54) is 5.56 Å². The van der Waals surface area contributed by atoms with Crippen LogP contribution in [0.3, 0.4) is 0 Å². The van der Waals surface area contributed by atoms with E-state index < -0.39 is 0 Å². The van der Waals surface area contributed by atoms with Gasteiger partial charge in [0.1, 0.15) is 0 Å². The maximum absolute atomic E-state index is 5.16. The van der Waals surface area contributed by atoms with Gasteiger partial charge in [0.2, 0.25) is 0 Å². The SMILES string of the molecule is CCNC(c1ccc(Br)cc1)C(C)CCOC. The first kappa shape index (κ1) is 14.7. The fourth-order valence-corrected chi connectivity index (χ4v) is 2.27. The fourth-order valence-electron chi connectivity index (χ4n) is 2.01. The second kappa shape index (κ2) is 7.85. The standard InChI is InChI=1S/C14H22BrNO/c1-4-16-14(11(2)9-10-17-3)12-5-7-13(15)8-6-12/h5-8,11,14,16H,4,9-10H2,1-3H3. The predicted molar refractivity (Wildman–Crippen MR) is 76.2 cm³/mol. The highest BCUT2D eigenvalue weighted by Gasteiger charge is 2.17. The van der Waals surface area contributed by atoms with Gasteiger partial charge < -0.3 is 10.1 Å². The second-order valence-corrected chi connectivity index (χ2v) is 5.26. The number of methoxy groups -OCH3 is 1. The average Bonchev–Trinajstić information content (AvgIpc) is 2.34. The molecule has 96 valence electrons. The van der Waals surface area contributed by atoms with Gasteiger partial charge in [0.05, 0.1) is 0 Å². The van der Waals surface area contributed by atoms with E-state index in [1.807, 2.05) is 0 Å². The third-order valence-corrected chi connectivity index (χ3v) is 3.53. The molecule has 2 unspecified atom stereocenters. The van der Waals surface area contributed by atoms with Crippen LogP contribution in [0.4, 0.5) is 0 Å². The lowest BCUT2D eigenvalue weighted by Crippen LogP contribution is -2.27. The van der Waals surface area contributed by atoms with Gasteiger partial charge in [-0.05, 0) is 36.6 Å². The molecule has 1 rings (SSSR count). The van der Waals surface area contributed by atoms with Crippen molar-refractivity contribution in [3.05, 3.63) is 34.3 Å². The second-order valence-electron chi connectivity index (χ2n) is 4.35. The molecule has 0 spiro atoms. The number of hydrogen-bond donors (Lipinski definition) is 1. The monoisotopic (exact) mass is 299 g/mol. The van der Waals surface area contributed by atoms with E-state index in [4.69, 9.17) is 4.74 Å². The number of benzene rings is 1. The topological polar surface area (TPSA) is 21.3 Å². The van der Waals surface area contributed by atoms with Crippen molar-refractivity contribution in [1.82, 2.24) is 5.32 Å². The molecule has 0 aliphatic carbocycles. The zero-order valence-electron chi connectivity index (χ0n) is 10.9. The van der Waals surface area contributed by atoms with E-state index in [2.05, 4.69) is 59.4 Å². The number of rotatable bonds is 7. The summed E-state index contributed by atoms with van der Waals surface area (Å²) < 4.78 is 6.29. The summed E-state index contributed by atoms with van der Waals surface area (Å²) >= 11 is 3.47. The van der Waals surface area contributed by atoms with E-state index in [1.54, 1.807) is 7.11 Å². The van der Waals surface area contributed by atoms with Crippen molar-refractivity contribution in [3.63, 3.8) is 0 Å². The number of ether oxygens (including phenoxy) is 1. The molecular weight excluding hydrogens is 278 g/mol. The fraction of sp³-hybridized carbons (Fsp3) is 0.571. The van der Waals surface area contributed by atoms with Gasteiger partial charge in [0, 0.05) is 24.2 Å². The van der Waals surface area contributed by atoms with Gasteiger partial charge in [-0.1, -0.05) is 41.9 Å². The Balaban J connectivity index is 2.73. The minimum Gasteiger partial charge on any atom is -0.385 e. The molecule has 0 amide bonds. The molecule has 0 aliphatic rings. The molecule has 17 heavy (non-hydrogen) atoms. The van der Waals surface area contributed by atoms with Crippen molar-refractivity contribution < 1.29 is 4.74 Å². The van der Waals surface area contributed by atoms with Crippen molar-refractivity contribution in [2.24, 2.45) is 5.92 Å². The van der Waals surface area contributed by atoms with Crippen molar-refractivity contribution in [2.45, 2.75) is 26.3 Å². The van der Waals surface area contributed by atoms with Crippen LogP contribution in [0.15, 0.2) is 28.7 Å². The van der Waals surface area contributed by atoms with Crippen LogP contribution in [0.2, 0.25) is 0 Å². The summed E-state index contributed by atoms with van der Waals surface area (Å²) in [5.41, 5.74) is 1.35. The number of nitrogens with one attached hydrogen (secondary N) is 1. The lowest BCUT2D eigenvalue weighted by Gasteiger charge is -2.25. The third-order valence-electron chi connectivity index (χ3n) is 3.00. The van der Waals surface area contributed by atoms with Crippen LogP contribution in [0.5, 0.6) is 0 Å². The Morgan fingerprint density at radius 3 is 2.47 bits per heavy atom. The van der Waals surface area contributed by atoms with Gasteiger partial charge in [-0.25, -0.2) is 0 Å². The molecule has 0 saturated carbocycles. The van der Waals surface area contributed by atoms with Crippen molar-refractivity contribution in [2.75, 3.05) is 20.3 Å². The third kappa shape index (κ3) is 4.78. The molecule has 1 aromatic carbocycles. The van der Waals surface area contributed by atoms with E-state index >= 15 is 0 Å². The first-order valence-electron chi connectivity index (χ1n) is 6.16. The Labute approximate surface area is 113 Å². The van der Waals surface area contributed by atoms with Crippen LogP contribution in [0, 0.1) is 5.92 Å². The maximum atomic E-state index is 5.16. The maximum Gasteiger partial charge on any atom is 0.0465 e. The summed E-state index contributed by atoms with van der Waals surface area (Å²) in [6, 6.07) is 8.97. The minimum atomic E-state index is 0.406. The molecule has 0 bridgehead atoms. The summed E-state index contributed by atoms with van der Waals surface area (Å²) in [4.78, 5) is 0. The highest BCUT2D eigenvalue weighted by Crippen LogP contribution is 2.25. The zero-order chi connectivity index (χ0) is 12.7.